The van der Waals surface area contributed by atoms with E-state index in [4.69, 9.17) is 0 Å². The van der Waals surface area contributed by atoms with Gasteiger partial charge in [-0.25, -0.2) is 9.37 Å². The minimum Gasteiger partial charge on any atom is -0.370 e. The fourth-order valence-electron chi connectivity index (χ4n) is 1.67. The lowest BCUT2D eigenvalue weighted by atomic mass is 9.99. The van der Waals surface area contributed by atoms with Crippen LogP contribution in [0.25, 0.3) is 0 Å². The van der Waals surface area contributed by atoms with Crippen LogP contribution in [0.15, 0.2) is 18.3 Å². The molecular weight excluding hydrogens is 203 g/mol. The van der Waals surface area contributed by atoms with Gasteiger partial charge in [0.25, 0.3) is 0 Å². The van der Waals surface area contributed by atoms with Gasteiger partial charge in [0.05, 0.1) is 6.20 Å². The summed E-state index contributed by atoms with van der Waals surface area (Å²) in [5.74, 6) is 1.16. The smallest absolute Gasteiger partial charge is 0.141 e. The van der Waals surface area contributed by atoms with Gasteiger partial charge in [-0.1, -0.05) is 33.1 Å². The molecule has 0 aliphatic carbocycles. The number of nitrogens with zero attached hydrogens (tertiary/aromatic N) is 1. The Kier molecular flexibility index (Phi) is 5.83. The van der Waals surface area contributed by atoms with Crippen LogP contribution in [0.1, 0.15) is 39.5 Å². The maximum absolute atomic E-state index is 12.6. The highest BCUT2D eigenvalue weighted by molar-refractivity contribution is 5.33. The van der Waals surface area contributed by atoms with E-state index in [0.29, 0.717) is 5.92 Å². The Labute approximate surface area is 97.3 Å². The molecule has 1 unspecified atom stereocenters. The highest BCUT2D eigenvalue weighted by Crippen LogP contribution is 2.13. The van der Waals surface area contributed by atoms with Gasteiger partial charge >= 0.3 is 0 Å². The average molecular weight is 224 g/mol. The van der Waals surface area contributed by atoms with E-state index in [9.17, 15) is 4.39 Å². The van der Waals surface area contributed by atoms with E-state index < -0.39 is 0 Å². The summed E-state index contributed by atoms with van der Waals surface area (Å²) < 4.78 is 12.6. The van der Waals surface area contributed by atoms with Crippen LogP contribution in [0.2, 0.25) is 0 Å². The van der Waals surface area contributed by atoms with E-state index in [0.717, 1.165) is 12.4 Å². The highest BCUT2D eigenvalue weighted by atomic mass is 19.1. The molecule has 16 heavy (non-hydrogen) atoms. The summed E-state index contributed by atoms with van der Waals surface area (Å²) in [4.78, 5) is 3.98. The molecule has 2 nitrogen and oxygen atoms in total. The van der Waals surface area contributed by atoms with Crippen LogP contribution in [0.4, 0.5) is 10.2 Å². The predicted molar refractivity (Wildman–Crippen MR) is 66.0 cm³/mol. The van der Waals surface area contributed by atoms with Gasteiger partial charge in [-0.3, -0.25) is 0 Å². The molecular formula is C13H21FN2. The topological polar surface area (TPSA) is 24.9 Å². The molecule has 0 spiro atoms. The van der Waals surface area contributed by atoms with Crippen molar-refractivity contribution in [3.05, 3.63) is 24.1 Å². The molecule has 90 valence electrons. The summed E-state index contributed by atoms with van der Waals surface area (Å²) in [6, 6.07) is 3.12. The van der Waals surface area contributed by atoms with Crippen LogP contribution in [-0.4, -0.2) is 11.5 Å². The van der Waals surface area contributed by atoms with Crippen LogP contribution in [0.3, 0.4) is 0 Å². The first kappa shape index (κ1) is 12.9. The normalized spacial score (nSPS) is 12.4. The second kappa shape index (κ2) is 7.20. The summed E-state index contributed by atoms with van der Waals surface area (Å²) in [5.41, 5.74) is 0. The van der Waals surface area contributed by atoms with Crippen molar-refractivity contribution in [3.63, 3.8) is 0 Å². The largest absolute Gasteiger partial charge is 0.370 e. The van der Waals surface area contributed by atoms with E-state index in [2.05, 4.69) is 24.1 Å². The SMILES string of the molecule is CCCCC(CC)CNc1ccc(F)cn1. The molecule has 0 saturated heterocycles. The van der Waals surface area contributed by atoms with Crippen molar-refractivity contribution in [3.8, 4) is 0 Å². The Morgan fingerprint density at radius 2 is 2.19 bits per heavy atom. The van der Waals surface area contributed by atoms with Crippen molar-refractivity contribution in [1.82, 2.24) is 4.98 Å². The molecule has 1 aromatic rings. The van der Waals surface area contributed by atoms with Crippen LogP contribution >= 0.6 is 0 Å². The molecule has 0 bridgehead atoms. The fourth-order valence-corrected chi connectivity index (χ4v) is 1.67. The number of unbranched alkanes of at least 4 members (excludes halogenated alkanes) is 1. The maximum Gasteiger partial charge on any atom is 0.141 e. The second-order valence-corrected chi connectivity index (χ2v) is 4.16. The van der Waals surface area contributed by atoms with Crippen LogP contribution in [-0.2, 0) is 0 Å². The first-order chi connectivity index (χ1) is 7.76. The van der Waals surface area contributed by atoms with Gasteiger partial charge in [0, 0.05) is 6.54 Å². The third-order valence-corrected chi connectivity index (χ3v) is 2.84. The average Bonchev–Trinajstić information content (AvgIpc) is 2.32. The number of rotatable bonds is 7. The first-order valence-electron chi connectivity index (χ1n) is 6.11. The van der Waals surface area contributed by atoms with Gasteiger partial charge in [-0.05, 0) is 24.5 Å². The monoisotopic (exact) mass is 224 g/mol. The summed E-state index contributed by atoms with van der Waals surface area (Å²) >= 11 is 0. The molecule has 0 radical (unpaired) electrons. The van der Waals surface area contributed by atoms with E-state index in [1.54, 1.807) is 6.07 Å². The minimum atomic E-state index is -0.288. The first-order valence-corrected chi connectivity index (χ1v) is 6.11. The van der Waals surface area contributed by atoms with Crippen molar-refractivity contribution in [2.75, 3.05) is 11.9 Å². The number of pyridine rings is 1. The third-order valence-electron chi connectivity index (χ3n) is 2.84. The molecule has 3 heteroatoms. The summed E-state index contributed by atoms with van der Waals surface area (Å²) in [6.45, 7) is 5.34. The summed E-state index contributed by atoms with van der Waals surface area (Å²) in [6.07, 6.45) is 6.19. The molecule has 1 rings (SSSR count). The van der Waals surface area contributed by atoms with Crippen molar-refractivity contribution in [2.45, 2.75) is 39.5 Å². The predicted octanol–water partition coefficient (Wildman–Crippen LogP) is 3.85. The number of hydrogen-bond acceptors (Lipinski definition) is 2. The lowest BCUT2D eigenvalue weighted by Gasteiger charge is -2.15. The number of halogens is 1. The standard InChI is InChI=1S/C13H21FN2/c1-3-5-6-11(4-2)9-15-13-8-7-12(14)10-16-13/h7-8,10-11H,3-6,9H2,1-2H3,(H,15,16). The number of nitrogens with one attached hydrogen (secondary N) is 1. The Hall–Kier alpha value is -1.12. The quantitative estimate of drug-likeness (QED) is 0.761. The molecule has 1 atom stereocenters. The molecule has 0 aliphatic rings. The van der Waals surface area contributed by atoms with Crippen molar-refractivity contribution in [2.24, 2.45) is 5.92 Å². The van der Waals surface area contributed by atoms with Gasteiger partial charge in [0.1, 0.15) is 11.6 Å². The van der Waals surface area contributed by atoms with Crippen LogP contribution in [0.5, 0.6) is 0 Å². The summed E-state index contributed by atoms with van der Waals surface area (Å²) in [5, 5.41) is 3.25. The molecule has 0 aromatic carbocycles. The van der Waals surface area contributed by atoms with Crippen LogP contribution in [0, 0.1) is 11.7 Å². The Balaban J connectivity index is 2.34. The maximum atomic E-state index is 12.6. The lowest BCUT2D eigenvalue weighted by molar-refractivity contribution is 0.472. The van der Waals surface area contributed by atoms with Crippen molar-refractivity contribution in [1.29, 1.82) is 0 Å². The molecule has 0 saturated carbocycles. The van der Waals surface area contributed by atoms with Gasteiger partial charge in [-0.2, -0.15) is 0 Å². The highest BCUT2D eigenvalue weighted by Gasteiger charge is 2.05. The van der Waals surface area contributed by atoms with Gasteiger partial charge in [0.2, 0.25) is 0 Å². The third kappa shape index (κ3) is 4.60. The van der Waals surface area contributed by atoms with E-state index in [-0.39, 0.29) is 5.82 Å². The molecule has 1 heterocycles. The Morgan fingerprint density at radius 3 is 2.75 bits per heavy atom. The number of aromatic nitrogens is 1. The summed E-state index contributed by atoms with van der Waals surface area (Å²) in [7, 11) is 0. The van der Waals surface area contributed by atoms with Crippen molar-refractivity contribution >= 4 is 5.82 Å². The van der Waals surface area contributed by atoms with E-state index >= 15 is 0 Å². The minimum absolute atomic E-state index is 0.288. The number of anilines is 1. The van der Waals surface area contributed by atoms with Gasteiger partial charge in [0.15, 0.2) is 0 Å². The zero-order chi connectivity index (χ0) is 11.8. The fraction of sp³-hybridized carbons (Fsp3) is 0.615. The molecule has 0 aliphatic heterocycles. The second-order valence-electron chi connectivity index (χ2n) is 4.16. The molecule has 1 aromatic heterocycles. The zero-order valence-corrected chi connectivity index (χ0v) is 10.2. The van der Waals surface area contributed by atoms with Gasteiger partial charge < -0.3 is 5.32 Å². The zero-order valence-electron chi connectivity index (χ0n) is 10.2. The molecule has 1 N–H and O–H groups in total. The van der Waals surface area contributed by atoms with Gasteiger partial charge in [-0.15, -0.1) is 0 Å². The molecule has 0 amide bonds. The Bertz CT molecular complexity index is 284. The van der Waals surface area contributed by atoms with E-state index in [1.807, 2.05) is 0 Å². The lowest BCUT2D eigenvalue weighted by Crippen LogP contribution is -2.14. The van der Waals surface area contributed by atoms with Crippen molar-refractivity contribution < 1.29 is 4.39 Å². The molecule has 0 fully saturated rings. The Morgan fingerprint density at radius 1 is 1.38 bits per heavy atom. The van der Waals surface area contributed by atoms with E-state index in [1.165, 1.54) is 37.9 Å². The van der Waals surface area contributed by atoms with Crippen LogP contribution < -0.4 is 5.32 Å². The number of hydrogen-bond donors (Lipinski definition) is 1.